The molecule has 1 N–H and O–H groups in total. The highest BCUT2D eigenvalue weighted by atomic mass is 16.5. The zero-order valence-corrected chi connectivity index (χ0v) is 22.6. The number of likely N-dealkylation sites (tertiary alicyclic amines) is 1. The van der Waals surface area contributed by atoms with Gasteiger partial charge in [0.25, 0.3) is 11.7 Å². The molecule has 1 fully saturated rings. The molecule has 1 amide bonds. The van der Waals surface area contributed by atoms with E-state index in [0.29, 0.717) is 48.1 Å². The van der Waals surface area contributed by atoms with Gasteiger partial charge in [-0.3, -0.25) is 14.6 Å². The van der Waals surface area contributed by atoms with Crippen LogP contribution in [0.5, 0.6) is 11.5 Å². The Hall–Kier alpha value is -3.39. The zero-order chi connectivity index (χ0) is 26.9. The van der Waals surface area contributed by atoms with Crippen LogP contribution in [0.15, 0.2) is 48.3 Å². The summed E-state index contributed by atoms with van der Waals surface area (Å²) in [6, 6.07) is 7.92. The molecule has 1 saturated heterocycles. The number of aliphatic hydroxyl groups excluding tert-OH is 1. The molecule has 0 aliphatic carbocycles. The van der Waals surface area contributed by atoms with E-state index in [0.717, 1.165) is 26.1 Å². The summed E-state index contributed by atoms with van der Waals surface area (Å²) in [6.07, 6.45) is 4.69. The maximum atomic E-state index is 13.3. The minimum Gasteiger partial charge on any atom is -0.507 e. The van der Waals surface area contributed by atoms with Crippen LogP contribution in [0.1, 0.15) is 57.7 Å². The Labute approximate surface area is 219 Å². The van der Waals surface area contributed by atoms with Crippen molar-refractivity contribution in [3.05, 3.63) is 59.4 Å². The predicted octanol–water partition coefficient (Wildman–Crippen LogP) is 4.67. The third kappa shape index (κ3) is 6.68. The molecule has 2 aromatic rings. The molecule has 1 aromatic heterocycles. The number of carbonyl (C=O) groups is 2. The molecule has 8 nitrogen and oxygen atoms in total. The fourth-order valence-corrected chi connectivity index (χ4v) is 4.51. The van der Waals surface area contributed by atoms with Crippen molar-refractivity contribution in [3.8, 4) is 11.5 Å². The van der Waals surface area contributed by atoms with Crippen molar-refractivity contribution in [2.24, 2.45) is 5.92 Å². The van der Waals surface area contributed by atoms with Crippen molar-refractivity contribution in [2.45, 2.75) is 46.6 Å². The highest BCUT2D eigenvalue weighted by Gasteiger charge is 2.46. The first-order valence-electron chi connectivity index (χ1n) is 13.0. The van der Waals surface area contributed by atoms with E-state index in [1.807, 2.05) is 6.07 Å². The molecule has 1 unspecified atom stereocenters. The summed E-state index contributed by atoms with van der Waals surface area (Å²) in [6.45, 7) is 12.0. The van der Waals surface area contributed by atoms with Gasteiger partial charge in [0.15, 0.2) is 11.5 Å². The molecule has 0 bridgehead atoms. The third-order valence-electron chi connectivity index (χ3n) is 6.72. The summed E-state index contributed by atoms with van der Waals surface area (Å²) >= 11 is 0. The van der Waals surface area contributed by atoms with Crippen molar-refractivity contribution < 1.29 is 24.2 Å². The quantitative estimate of drug-likeness (QED) is 0.238. The van der Waals surface area contributed by atoms with Gasteiger partial charge in [-0.25, -0.2) is 0 Å². The number of ether oxygens (including phenoxy) is 2. The SMILES string of the molecule is CCN(CC)CCCN1C(=O)C(=O)/C(=C(/O)c2ccncc2)C1c1ccc(OCCC(C)C)c(OC)c1. The summed E-state index contributed by atoms with van der Waals surface area (Å²) < 4.78 is 11.5. The Morgan fingerprint density at radius 2 is 1.81 bits per heavy atom. The number of aromatic nitrogens is 1. The second kappa shape index (κ2) is 13.2. The summed E-state index contributed by atoms with van der Waals surface area (Å²) in [5.74, 6) is 0.0935. The van der Waals surface area contributed by atoms with Gasteiger partial charge >= 0.3 is 0 Å². The summed E-state index contributed by atoms with van der Waals surface area (Å²) in [4.78, 5) is 34.3. The van der Waals surface area contributed by atoms with Crippen LogP contribution in [0.3, 0.4) is 0 Å². The number of pyridine rings is 1. The Morgan fingerprint density at radius 1 is 1.11 bits per heavy atom. The van der Waals surface area contributed by atoms with Crippen LogP contribution >= 0.6 is 0 Å². The van der Waals surface area contributed by atoms with Crippen LogP contribution < -0.4 is 9.47 Å². The lowest BCUT2D eigenvalue weighted by molar-refractivity contribution is -0.140. The fraction of sp³-hybridized carbons (Fsp3) is 0.483. The molecule has 2 heterocycles. The minimum atomic E-state index is -0.747. The smallest absolute Gasteiger partial charge is 0.295 e. The van der Waals surface area contributed by atoms with Crippen molar-refractivity contribution in [1.29, 1.82) is 0 Å². The average molecular weight is 510 g/mol. The van der Waals surface area contributed by atoms with Gasteiger partial charge in [0.1, 0.15) is 5.76 Å². The Balaban J connectivity index is 2.02. The van der Waals surface area contributed by atoms with E-state index in [2.05, 4.69) is 37.6 Å². The van der Waals surface area contributed by atoms with Crippen LogP contribution in [0.25, 0.3) is 5.76 Å². The largest absolute Gasteiger partial charge is 0.507 e. The first-order chi connectivity index (χ1) is 17.8. The van der Waals surface area contributed by atoms with E-state index in [1.165, 1.54) is 12.4 Å². The maximum absolute atomic E-state index is 13.3. The molecule has 1 atom stereocenters. The molecule has 37 heavy (non-hydrogen) atoms. The van der Waals surface area contributed by atoms with Gasteiger partial charge in [-0.1, -0.05) is 33.8 Å². The van der Waals surface area contributed by atoms with Crippen LogP contribution in [0.2, 0.25) is 0 Å². The van der Waals surface area contributed by atoms with Gasteiger partial charge in [0.05, 0.1) is 25.3 Å². The molecule has 1 aliphatic rings. The van der Waals surface area contributed by atoms with Crippen LogP contribution in [0, 0.1) is 5.92 Å². The van der Waals surface area contributed by atoms with Gasteiger partial charge < -0.3 is 24.4 Å². The minimum absolute atomic E-state index is 0.0644. The molecule has 8 heteroatoms. The lowest BCUT2D eigenvalue weighted by Crippen LogP contribution is -2.33. The summed E-state index contributed by atoms with van der Waals surface area (Å²) in [5.41, 5.74) is 1.17. The highest BCUT2D eigenvalue weighted by Crippen LogP contribution is 2.42. The van der Waals surface area contributed by atoms with Crippen LogP contribution in [-0.4, -0.2) is 71.5 Å². The number of benzene rings is 1. The van der Waals surface area contributed by atoms with Crippen LogP contribution in [-0.2, 0) is 9.59 Å². The Kier molecular flexibility index (Phi) is 10.1. The Morgan fingerprint density at radius 3 is 2.43 bits per heavy atom. The van der Waals surface area contributed by atoms with E-state index in [-0.39, 0.29) is 11.3 Å². The highest BCUT2D eigenvalue weighted by molar-refractivity contribution is 6.46. The lowest BCUT2D eigenvalue weighted by Gasteiger charge is -2.27. The molecular formula is C29H39N3O5. The number of hydrogen-bond acceptors (Lipinski definition) is 7. The predicted molar refractivity (Wildman–Crippen MR) is 144 cm³/mol. The standard InChI is InChI=1S/C29H39N3O5/c1-6-31(7-2)16-8-17-32-26(22-9-10-23(24(19-22)36-5)37-18-13-20(3)4)25(28(34)29(32)35)27(33)21-11-14-30-15-12-21/h9-12,14-15,19-20,26,33H,6-8,13,16-18H2,1-5H3/b27-25+. The van der Waals surface area contributed by atoms with Crippen molar-refractivity contribution in [1.82, 2.24) is 14.8 Å². The van der Waals surface area contributed by atoms with E-state index in [9.17, 15) is 14.7 Å². The summed E-state index contributed by atoms with van der Waals surface area (Å²) in [5, 5.41) is 11.2. The number of Topliss-reactive ketones (excluding diaryl/α,β-unsaturated/α-hetero) is 1. The molecule has 0 saturated carbocycles. The lowest BCUT2D eigenvalue weighted by atomic mass is 9.95. The molecule has 1 aromatic carbocycles. The number of aliphatic hydroxyl groups is 1. The number of methoxy groups -OCH3 is 1. The first-order valence-corrected chi connectivity index (χ1v) is 13.0. The van der Waals surface area contributed by atoms with E-state index < -0.39 is 17.7 Å². The monoisotopic (exact) mass is 509 g/mol. The van der Waals surface area contributed by atoms with Gasteiger partial charge in [-0.05, 0) is 68.2 Å². The number of hydrogen-bond donors (Lipinski definition) is 1. The molecule has 1 aliphatic heterocycles. The van der Waals surface area contributed by atoms with Crippen LogP contribution in [0.4, 0.5) is 0 Å². The fourth-order valence-electron chi connectivity index (χ4n) is 4.51. The Bertz CT molecular complexity index is 1100. The van der Waals surface area contributed by atoms with Gasteiger partial charge in [0.2, 0.25) is 0 Å². The van der Waals surface area contributed by atoms with Gasteiger partial charge in [0, 0.05) is 24.5 Å². The molecule has 0 radical (unpaired) electrons. The number of carbonyl (C=O) groups excluding carboxylic acids is 2. The molecular weight excluding hydrogens is 470 g/mol. The average Bonchev–Trinajstić information content (AvgIpc) is 3.16. The molecule has 3 rings (SSSR count). The number of ketones is 1. The van der Waals surface area contributed by atoms with E-state index >= 15 is 0 Å². The van der Waals surface area contributed by atoms with E-state index in [4.69, 9.17) is 9.47 Å². The van der Waals surface area contributed by atoms with E-state index in [1.54, 1.807) is 36.3 Å². The zero-order valence-electron chi connectivity index (χ0n) is 22.6. The first kappa shape index (κ1) is 28.2. The normalized spacial score (nSPS) is 17.2. The number of amides is 1. The second-order valence-corrected chi connectivity index (χ2v) is 9.55. The molecule has 200 valence electrons. The third-order valence-corrected chi connectivity index (χ3v) is 6.72. The van der Waals surface area contributed by atoms with Crippen molar-refractivity contribution >= 4 is 17.4 Å². The van der Waals surface area contributed by atoms with Gasteiger partial charge in [-0.2, -0.15) is 0 Å². The van der Waals surface area contributed by atoms with Crippen molar-refractivity contribution in [3.63, 3.8) is 0 Å². The summed E-state index contributed by atoms with van der Waals surface area (Å²) in [7, 11) is 1.56. The molecule has 0 spiro atoms. The topological polar surface area (TPSA) is 92.2 Å². The second-order valence-electron chi connectivity index (χ2n) is 9.55. The number of rotatable bonds is 13. The maximum Gasteiger partial charge on any atom is 0.295 e. The van der Waals surface area contributed by atoms with Gasteiger partial charge in [-0.15, -0.1) is 0 Å². The van der Waals surface area contributed by atoms with Crippen molar-refractivity contribution in [2.75, 3.05) is 39.9 Å². The number of nitrogens with zero attached hydrogens (tertiary/aromatic N) is 3.